The van der Waals surface area contributed by atoms with Gasteiger partial charge in [-0.25, -0.2) is 9.37 Å². The van der Waals surface area contributed by atoms with Crippen molar-refractivity contribution in [2.24, 2.45) is 0 Å². The average molecular weight is 433 g/mol. The molecule has 32 heavy (non-hydrogen) atoms. The molecule has 0 saturated carbocycles. The van der Waals surface area contributed by atoms with Crippen LogP contribution >= 0.6 is 0 Å². The van der Waals surface area contributed by atoms with Gasteiger partial charge in [-0.3, -0.25) is 4.79 Å². The van der Waals surface area contributed by atoms with Gasteiger partial charge in [0.15, 0.2) is 11.5 Å². The van der Waals surface area contributed by atoms with E-state index in [4.69, 9.17) is 14.5 Å². The van der Waals surface area contributed by atoms with Gasteiger partial charge in [0.2, 0.25) is 5.91 Å². The molecule has 0 fully saturated rings. The summed E-state index contributed by atoms with van der Waals surface area (Å²) < 4.78 is 25.7. The van der Waals surface area contributed by atoms with Crippen molar-refractivity contribution in [2.45, 2.75) is 19.5 Å². The second-order valence-corrected chi connectivity index (χ2v) is 7.37. The number of ether oxygens (including phenoxy) is 2. The topological polar surface area (TPSA) is 65.4 Å². The Labute approximate surface area is 185 Å². The number of rotatable bonds is 8. The van der Waals surface area contributed by atoms with E-state index >= 15 is 0 Å². The Morgan fingerprint density at radius 1 is 0.969 bits per heavy atom. The molecule has 1 heterocycles. The molecule has 0 radical (unpaired) electrons. The molecule has 0 unspecified atom stereocenters. The zero-order chi connectivity index (χ0) is 22.5. The monoisotopic (exact) mass is 433 g/mol. The second-order valence-electron chi connectivity index (χ2n) is 7.37. The molecule has 0 aliphatic rings. The number of hydrogen-bond acceptors (Lipinski definition) is 4. The normalized spacial score (nSPS) is 10.8. The number of amides is 1. The number of halogens is 1. The van der Waals surface area contributed by atoms with Gasteiger partial charge in [-0.15, -0.1) is 0 Å². The molecule has 1 amide bonds. The van der Waals surface area contributed by atoms with Gasteiger partial charge in [0.05, 0.1) is 25.3 Å². The van der Waals surface area contributed by atoms with E-state index in [1.807, 2.05) is 47.0 Å². The van der Waals surface area contributed by atoms with Crippen LogP contribution in [0.4, 0.5) is 4.39 Å². The van der Waals surface area contributed by atoms with Gasteiger partial charge in [0.1, 0.15) is 18.2 Å². The molecule has 6 nitrogen and oxygen atoms in total. The number of carbonyl (C=O) groups excluding carboxylic acids is 1. The molecule has 0 aliphatic heterocycles. The standard InChI is InChI=1S/C25H24FN3O3/c1-31-22-12-9-18(13-23(22)32-2)14-24-28-20-5-3-4-6-21(20)29(24)16-25(30)27-15-17-7-10-19(26)11-8-17/h3-13H,14-16H2,1-2H3,(H,27,30). The van der Waals surface area contributed by atoms with Crippen molar-refractivity contribution in [3.8, 4) is 11.5 Å². The smallest absolute Gasteiger partial charge is 0.240 e. The van der Waals surface area contributed by atoms with Crippen LogP contribution in [-0.4, -0.2) is 29.7 Å². The van der Waals surface area contributed by atoms with Crippen LogP contribution in [0.3, 0.4) is 0 Å². The molecule has 7 heteroatoms. The molecule has 0 aliphatic carbocycles. The first-order valence-electron chi connectivity index (χ1n) is 10.2. The fourth-order valence-electron chi connectivity index (χ4n) is 3.61. The summed E-state index contributed by atoms with van der Waals surface area (Å²) in [6.45, 7) is 0.459. The van der Waals surface area contributed by atoms with Gasteiger partial charge < -0.3 is 19.4 Å². The van der Waals surface area contributed by atoms with E-state index in [-0.39, 0.29) is 18.3 Å². The van der Waals surface area contributed by atoms with Crippen LogP contribution in [0, 0.1) is 5.82 Å². The molecular formula is C25H24FN3O3. The Bertz CT molecular complexity index is 1240. The minimum atomic E-state index is -0.301. The first-order valence-corrected chi connectivity index (χ1v) is 10.2. The van der Waals surface area contributed by atoms with Crippen LogP contribution in [0.2, 0.25) is 0 Å². The largest absolute Gasteiger partial charge is 0.493 e. The summed E-state index contributed by atoms with van der Waals surface area (Å²) >= 11 is 0. The average Bonchev–Trinajstić information content (AvgIpc) is 3.15. The molecule has 164 valence electrons. The summed E-state index contributed by atoms with van der Waals surface area (Å²) in [6, 6.07) is 19.5. The Morgan fingerprint density at radius 3 is 2.44 bits per heavy atom. The number of para-hydroxylation sites is 2. The lowest BCUT2D eigenvalue weighted by Crippen LogP contribution is -2.27. The maximum Gasteiger partial charge on any atom is 0.240 e. The van der Waals surface area contributed by atoms with Gasteiger partial charge in [-0.2, -0.15) is 0 Å². The first-order chi connectivity index (χ1) is 15.6. The third-order valence-corrected chi connectivity index (χ3v) is 5.25. The Morgan fingerprint density at radius 2 is 1.69 bits per heavy atom. The number of methoxy groups -OCH3 is 2. The molecular weight excluding hydrogens is 409 g/mol. The SMILES string of the molecule is COc1ccc(Cc2nc3ccccc3n2CC(=O)NCc2ccc(F)cc2)cc1OC. The highest BCUT2D eigenvalue weighted by atomic mass is 19.1. The summed E-state index contributed by atoms with van der Waals surface area (Å²) in [5.74, 6) is 1.63. The van der Waals surface area contributed by atoms with E-state index in [1.54, 1.807) is 26.4 Å². The van der Waals surface area contributed by atoms with E-state index in [0.29, 0.717) is 24.5 Å². The van der Waals surface area contributed by atoms with Gasteiger partial charge in [-0.05, 0) is 47.5 Å². The quantitative estimate of drug-likeness (QED) is 0.454. The highest BCUT2D eigenvalue weighted by Crippen LogP contribution is 2.29. The minimum absolute atomic E-state index is 0.129. The van der Waals surface area contributed by atoms with Crippen molar-refractivity contribution >= 4 is 16.9 Å². The fraction of sp³-hybridized carbons (Fsp3) is 0.200. The molecule has 1 aromatic heterocycles. The van der Waals surface area contributed by atoms with Crippen LogP contribution in [0.15, 0.2) is 66.7 Å². The van der Waals surface area contributed by atoms with E-state index < -0.39 is 0 Å². The Hall–Kier alpha value is -3.87. The van der Waals surface area contributed by atoms with Crippen LogP contribution in [-0.2, 0) is 24.3 Å². The Balaban J connectivity index is 1.56. The maximum atomic E-state index is 13.1. The predicted molar refractivity (Wildman–Crippen MR) is 120 cm³/mol. The number of hydrogen-bond donors (Lipinski definition) is 1. The third-order valence-electron chi connectivity index (χ3n) is 5.25. The van der Waals surface area contributed by atoms with Crippen molar-refractivity contribution in [3.63, 3.8) is 0 Å². The molecule has 1 N–H and O–H groups in total. The van der Waals surface area contributed by atoms with Gasteiger partial charge in [-0.1, -0.05) is 30.3 Å². The number of benzene rings is 3. The summed E-state index contributed by atoms with van der Waals surface area (Å²) in [5.41, 5.74) is 3.54. The lowest BCUT2D eigenvalue weighted by Gasteiger charge is -2.12. The van der Waals surface area contributed by atoms with Crippen LogP contribution in [0.25, 0.3) is 11.0 Å². The number of aromatic nitrogens is 2. The van der Waals surface area contributed by atoms with Crippen molar-refractivity contribution in [1.82, 2.24) is 14.9 Å². The lowest BCUT2D eigenvalue weighted by molar-refractivity contribution is -0.121. The van der Waals surface area contributed by atoms with E-state index in [2.05, 4.69) is 5.32 Å². The van der Waals surface area contributed by atoms with Crippen molar-refractivity contribution < 1.29 is 18.7 Å². The van der Waals surface area contributed by atoms with Gasteiger partial charge >= 0.3 is 0 Å². The predicted octanol–water partition coefficient (Wildman–Crippen LogP) is 4.10. The van der Waals surface area contributed by atoms with Crippen molar-refractivity contribution in [2.75, 3.05) is 14.2 Å². The molecule has 3 aromatic carbocycles. The zero-order valence-corrected chi connectivity index (χ0v) is 18.0. The van der Waals surface area contributed by atoms with Crippen LogP contribution in [0.5, 0.6) is 11.5 Å². The van der Waals surface area contributed by atoms with Gasteiger partial charge in [0.25, 0.3) is 0 Å². The molecule has 0 bridgehead atoms. The van der Waals surface area contributed by atoms with E-state index in [1.165, 1.54) is 12.1 Å². The number of imidazole rings is 1. The fourth-order valence-corrected chi connectivity index (χ4v) is 3.61. The number of fused-ring (bicyclic) bond motifs is 1. The lowest BCUT2D eigenvalue weighted by atomic mass is 10.1. The van der Waals surface area contributed by atoms with E-state index in [9.17, 15) is 9.18 Å². The number of nitrogens with one attached hydrogen (secondary N) is 1. The molecule has 0 spiro atoms. The highest BCUT2D eigenvalue weighted by Gasteiger charge is 2.15. The molecule has 4 rings (SSSR count). The van der Waals surface area contributed by atoms with Crippen LogP contribution < -0.4 is 14.8 Å². The summed E-state index contributed by atoms with van der Waals surface area (Å²) in [4.78, 5) is 17.5. The summed E-state index contributed by atoms with van der Waals surface area (Å²) in [5, 5.41) is 2.90. The van der Waals surface area contributed by atoms with Crippen molar-refractivity contribution in [3.05, 3.63) is 89.5 Å². The molecule has 4 aromatic rings. The number of nitrogens with zero attached hydrogens (tertiary/aromatic N) is 2. The highest BCUT2D eigenvalue weighted by molar-refractivity contribution is 5.81. The first kappa shape index (κ1) is 21.4. The summed E-state index contributed by atoms with van der Waals surface area (Å²) in [6.07, 6.45) is 0.528. The Kier molecular flexibility index (Phi) is 6.35. The van der Waals surface area contributed by atoms with Crippen LogP contribution in [0.1, 0.15) is 17.0 Å². The van der Waals surface area contributed by atoms with Crippen molar-refractivity contribution in [1.29, 1.82) is 0 Å². The third kappa shape index (κ3) is 4.72. The van der Waals surface area contributed by atoms with Gasteiger partial charge in [0, 0.05) is 13.0 Å². The molecule has 0 atom stereocenters. The second kappa shape index (κ2) is 9.51. The zero-order valence-electron chi connectivity index (χ0n) is 18.0. The number of carbonyl (C=O) groups is 1. The molecule has 0 saturated heterocycles. The summed E-state index contributed by atoms with van der Waals surface area (Å²) in [7, 11) is 3.20. The maximum absolute atomic E-state index is 13.1. The minimum Gasteiger partial charge on any atom is -0.493 e. The van der Waals surface area contributed by atoms with E-state index in [0.717, 1.165) is 28.0 Å².